The Morgan fingerprint density at radius 1 is 1.45 bits per heavy atom. The molecule has 11 heavy (non-hydrogen) atoms. The predicted molar refractivity (Wildman–Crippen MR) is 54.8 cm³/mol. The molecule has 0 aromatic rings. The highest BCUT2D eigenvalue weighted by Gasteiger charge is 2.17. The van der Waals surface area contributed by atoms with Crippen molar-refractivity contribution in [1.29, 1.82) is 0 Å². The highest BCUT2D eigenvalue weighted by atomic mass is 32.7. The Kier molecular flexibility index (Phi) is 3.91. The summed E-state index contributed by atoms with van der Waals surface area (Å²) in [5, 5.41) is 0. The van der Waals surface area contributed by atoms with E-state index in [0.29, 0.717) is 11.8 Å². The maximum absolute atomic E-state index is 5.21. The summed E-state index contributed by atoms with van der Waals surface area (Å²) < 4.78 is 5.21. The Bertz CT molecular complexity index is 147. The largest absolute Gasteiger partial charge is 0.377 e. The van der Waals surface area contributed by atoms with Crippen molar-refractivity contribution < 1.29 is 4.74 Å². The molecule has 0 amide bonds. The molecular weight excluding hydrogens is 175 g/mol. The molecule has 0 aromatic heterocycles. The van der Waals surface area contributed by atoms with Gasteiger partial charge in [-0.15, -0.1) is 0 Å². The molecule has 64 valence electrons. The quantitative estimate of drug-likeness (QED) is 0.400. The fourth-order valence-corrected chi connectivity index (χ4v) is 2.74. The first-order valence-electron chi connectivity index (χ1n) is 3.87. The summed E-state index contributed by atoms with van der Waals surface area (Å²) in [5.41, 5.74) is 0.708. The van der Waals surface area contributed by atoms with E-state index in [0.717, 1.165) is 6.42 Å². The first-order chi connectivity index (χ1) is 5.24. The summed E-state index contributed by atoms with van der Waals surface area (Å²) in [6, 6.07) is 0. The zero-order valence-corrected chi connectivity index (χ0v) is 8.82. The minimum absolute atomic E-state index is 0.0906. The minimum Gasteiger partial charge on any atom is -0.377 e. The van der Waals surface area contributed by atoms with Gasteiger partial charge in [0.2, 0.25) is 0 Å². The lowest BCUT2D eigenvalue weighted by Gasteiger charge is -2.23. The van der Waals surface area contributed by atoms with Crippen molar-refractivity contribution in [3.05, 3.63) is 12.2 Å². The van der Waals surface area contributed by atoms with Crippen LogP contribution in [0.1, 0.15) is 12.8 Å². The number of methoxy groups -OCH3 is 1. The second-order valence-electron chi connectivity index (χ2n) is 2.88. The monoisotopic (exact) mass is 190 g/mol. The number of allylic oxidation sites excluding steroid dienone is 1. The van der Waals surface area contributed by atoms with E-state index in [9.17, 15) is 0 Å². The molecule has 0 spiro atoms. The smallest absolute Gasteiger partial charge is 0.0752 e. The van der Waals surface area contributed by atoms with Crippen LogP contribution in [0.25, 0.3) is 0 Å². The first-order valence-corrected chi connectivity index (χ1v) is 6.88. The molecule has 0 radical (unpaired) electrons. The standard InChI is InChI=1S/C8H15OPS/c1-9-7-3-5-8(6-4-7)10(2)11/h3,5,7-8,11H,4,6H2,1-2H3/t7?,8?,10-/m0/s1. The van der Waals surface area contributed by atoms with E-state index in [1.54, 1.807) is 7.11 Å². The van der Waals surface area contributed by atoms with Crippen LogP contribution in [0.5, 0.6) is 0 Å². The van der Waals surface area contributed by atoms with Crippen molar-refractivity contribution in [2.45, 2.75) is 24.6 Å². The maximum atomic E-state index is 5.21. The van der Waals surface area contributed by atoms with Gasteiger partial charge < -0.3 is 4.74 Å². The molecule has 0 N–H and O–H groups in total. The molecule has 3 atom stereocenters. The lowest BCUT2D eigenvalue weighted by Crippen LogP contribution is -2.16. The van der Waals surface area contributed by atoms with Crippen LogP contribution < -0.4 is 0 Å². The van der Waals surface area contributed by atoms with Gasteiger partial charge in [0.1, 0.15) is 0 Å². The number of ether oxygens (including phenoxy) is 1. The highest BCUT2D eigenvalue weighted by Crippen LogP contribution is 2.46. The minimum atomic E-state index is -0.0906. The molecule has 2 unspecified atom stereocenters. The van der Waals surface area contributed by atoms with Crippen LogP contribution in [0.15, 0.2) is 12.2 Å². The average molecular weight is 190 g/mol. The lowest BCUT2D eigenvalue weighted by molar-refractivity contribution is 0.128. The third-order valence-electron chi connectivity index (χ3n) is 2.08. The zero-order chi connectivity index (χ0) is 8.27. The van der Waals surface area contributed by atoms with Gasteiger partial charge in [0.15, 0.2) is 0 Å². The van der Waals surface area contributed by atoms with Crippen molar-refractivity contribution in [1.82, 2.24) is 0 Å². The number of thiol groups is 1. The third kappa shape index (κ3) is 2.77. The zero-order valence-electron chi connectivity index (χ0n) is 7.03. The van der Waals surface area contributed by atoms with Crippen LogP contribution in [-0.2, 0) is 4.74 Å². The van der Waals surface area contributed by atoms with Gasteiger partial charge in [0, 0.05) is 12.8 Å². The first kappa shape index (κ1) is 9.57. The van der Waals surface area contributed by atoms with E-state index in [4.69, 9.17) is 4.74 Å². The average Bonchev–Trinajstić information content (AvgIpc) is 2.05. The molecule has 0 aromatic carbocycles. The molecule has 0 fully saturated rings. The number of hydrogen-bond donors (Lipinski definition) is 1. The van der Waals surface area contributed by atoms with Crippen LogP contribution in [-0.4, -0.2) is 25.5 Å². The van der Waals surface area contributed by atoms with Gasteiger partial charge in [-0.1, -0.05) is 12.2 Å². The summed E-state index contributed by atoms with van der Waals surface area (Å²) in [6.07, 6.45) is 7.18. The van der Waals surface area contributed by atoms with Crippen LogP contribution in [0.2, 0.25) is 0 Å². The fraction of sp³-hybridized carbons (Fsp3) is 0.750. The van der Waals surface area contributed by atoms with Gasteiger partial charge in [-0.3, -0.25) is 0 Å². The Morgan fingerprint density at radius 3 is 2.55 bits per heavy atom. The van der Waals surface area contributed by atoms with E-state index in [1.807, 2.05) is 0 Å². The van der Waals surface area contributed by atoms with Gasteiger partial charge in [-0.2, -0.15) is 12.2 Å². The van der Waals surface area contributed by atoms with Gasteiger partial charge >= 0.3 is 0 Å². The Labute approximate surface area is 75.1 Å². The van der Waals surface area contributed by atoms with E-state index < -0.39 is 0 Å². The van der Waals surface area contributed by atoms with Crippen molar-refractivity contribution in [2.75, 3.05) is 13.8 Å². The van der Waals surface area contributed by atoms with Gasteiger partial charge in [-0.05, 0) is 26.6 Å². The molecule has 0 aliphatic heterocycles. The highest BCUT2D eigenvalue weighted by molar-refractivity contribution is 8.45. The van der Waals surface area contributed by atoms with E-state index >= 15 is 0 Å². The number of rotatable bonds is 2. The predicted octanol–water partition coefficient (Wildman–Crippen LogP) is 2.68. The Morgan fingerprint density at radius 2 is 2.18 bits per heavy atom. The van der Waals surface area contributed by atoms with Crippen LogP contribution >= 0.6 is 19.4 Å². The van der Waals surface area contributed by atoms with Crippen LogP contribution in [0, 0.1) is 0 Å². The summed E-state index contributed by atoms with van der Waals surface area (Å²) in [6.45, 7) is 2.21. The third-order valence-corrected chi connectivity index (χ3v) is 4.36. The van der Waals surface area contributed by atoms with Crippen molar-refractivity contribution in [3.63, 3.8) is 0 Å². The maximum Gasteiger partial charge on any atom is 0.0752 e. The second-order valence-corrected chi connectivity index (χ2v) is 6.58. The molecule has 1 aliphatic rings. The number of hydrogen-bond acceptors (Lipinski definition) is 2. The van der Waals surface area contributed by atoms with Gasteiger partial charge in [0.05, 0.1) is 6.10 Å². The molecule has 1 aliphatic carbocycles. The molecule has 0 heterocycles. The van der Waals surface area contributed by atoms with Crippen LogP contribution in [0.4, 0.5) is 0 Å². The van der Waals surface area contributed by atoms with E-state index in [2.05, 4.69) is 31.1 Å². The lowest BCUT2D eigenvalue weighted by atomic mass is 10.1. The summed E-state index contributed by atoms with van der Waals surface area (Å²) in [7, 11) is 1.68. The van der Waals surface area contributed by atoms with Crippen molar-refractivity contribution in [2.24, 2.45) is 0 Å². The molecule has 1 nitrogen and oxygen atoms in total. The fourth-order valence-electron chi connectivity index (χ4n) is 1.29. The molecule has 0 saturated carbocycles. The molecule has 0 bridgehead atoms. The molecule has 0 saturated heterocycles. The second kappa shape index (κ2) is 4.49. The van der Waals surface area contributed by atoms with Crippen LogP contribution in [0.3, 0.4) is 0 Å². The molecular formula is C8H15OPS. The molecule has 1 rings (SSSR count). The normalized spacial score (nSPS) is 33.7. The SMILES string of the molecule is COC1C=CC([P@](C)S)CC1. The van der Waals surface area contributed by atoms with Gasteiger partial charge in [0.25, 0.3) is 0 Å². The van der Waals surface area contributed by atoms with Gasteiger partial charge in [-0.25, -0.2) is 0 Å². The van der Waals surface area contributed by atoms with Crippen molar-refractivity contribution >= 4 is 19.4 Å². The topological polar surface area (TPSA) is 9.23 Å². The summed E-state index contributed by atoms with van der Waals surface area (Å²) in [4.78, 5) is 0. The van der Waals surface area contributed by atoms with E-state index in [1.165, 1.54) is 6.42 Å². The van der Waals surface area contributed by atoms with Crippen molar-refractivity contribution in [3.8, 4) is 0 Å². The Balaban J connectivity index is 2.42. The molecule has 3 heteroatoms. The Hall–Kier alpha value is 0.480. The summed E-state index contributed by atoms with van der Waals surface area (Å²) in [5.74, 6) is 0. The summed E-state index contributed by atoms with van der Waals surface area (Å²) >= 11 is 4.47. The van der Waals surface area contributed by atoms with E-state index in [-0.39, 0.29) is 7.12 Å².